The largest absolute Gasteiger partial charge is 0.496 e. The van der Waals surface area contributed by atoms with Crippen LogP contribution in [-0.2, 0) is 0 Å². The van der Waals surface area contributed by atoms with E-state index < -0.39 is 0 Å². The molecule has 2 aromatic carbocycles. The van der Waals surface area contributed by atoms with Gasteiger partial charge in [0.1, 0.15) is 5.75 Å². The Morgan fingerprint density at radius 2 is 1.71 bits per heavy atom. The molecule has 0 aromatic heterocycles. The van der Waals surface area contributed by atoms with Crippen LogP contribution in [0.25, 0.3) is 0 Å². The summed E-state index contributed by atoms with van der Waals surface area (Å²) in [6, 6.07) is 11.9. The minimum atomic E-state index is 0.168. The number of ketones is 1. The van der Waals surface area contributed by atoms with Crippen LogP contribution in [0.5, 0.6) is 5.75 Å². The molecule has 0 heterocycles. The number of methoxy groups -OCH3 is 1. The quantitative estimate of drug-likeness (QED) is 0.596. The third kappa shape index (κ3) is 3.67. The lowest BCUT2D eigenvalue weighted by Crippen LogP contribution is -2.08. The third-order valence-corrected chi connectivity index (χ3v) is 4.44. The third-order valence-electron chi connectivity index (χ3n) is 3.38. The van der Waals surface area contributed by atoms with Crippen molar-refractivity contribution in [1.82, 2.24) is 0 Å². The smallest absolute Gasteiger partial charge is 0.173 e. The number of hydrogen-bond acceptors (Lipinski definition) is 3. The van der Waals surface area contributed by atoms with Crippen molar-refractivity contribution in [1.29, 1.82) is 0 Å². The number of carbonyl (C=O) groups is 1. The Bertz CT molecular complexity index is 639. The lowest BCUT2D eigenvalue weighted by Gasteiger charge is -2.11. The Morgan fingerprint density at radius 1 is 1.10 bits per heavy atom. The maximum atomic E-state index is 12.5. The molecular weight excluding hydrogens is 280 g/mol. The van der Waals surface area contributed by atoms with E-state index in [1.54, 1.807) is 7.11 Å². The predicted molar refractivity (Wildman–Crippen MR) is 88.7 cm³/mol. The van der Waals surface area contributed by atoms with Gasteiger partial charge < -0.3 is 4.74 Å². The average Bonchev–Trinajstić information content (AvgIpc) is 2.44. The standard InChI is InChI=1S/C18H20O2S/c1-12-9-13(2)18(14(3)10-12)15(19)11-21-17-8-6-5-7-16(17)20-4/h5-10H,11H2,1-4H3. The van der Waals surface area contributed by atoms with Gasteiger partial charge in [-0.2, -0.15) is 0 Å². The van der Waals surface area contributed by atoms with Crippen molar-refractivity contribution in [2.75, 3.05) is 12.9 Å². The van der Waals surface area contributed by atoms with Gasteiger partial charge in [0, 0.05) is 10.5 Å². The molecule has 0 bridgehead atoms. The number of hydrogen-bond donors (Lipinski definition) is 0. The molecule has 21 heavy (non-hydrogen) atoms. The van der Waals surface area contributed by atoms with Gasteiger partial charge in [0.05, 0.1) is 12.9 Å². The monoisotopic (exact) mass is 300 g/mol. The Kier molecular flexibility index (Phi) is 5.07. The molecule has 0 aliphatic rings. The van der Waals surface area contributed by atoms with E-state index in [2.05, 4.69) is 19.1 Å². The second-order valence-corrected chi connectivity index (χ2v) is 6.15. The van der Waals surface area contributed by atoms with Gasteiger partial charge in [0.15, 0.2) is 5.78 Å². The molecule has 2 rings (SSSR count). The molecule has 0 amide bonds. The molecule has 0 saturated carbocycles. The minimum Gasteiger partial charge on any atom is -0.496 e. The Morgan fingerprint density at radius 3 is 2.33 bits per heavy atom. The predicted octanol–water partition coefficient (Wildman–Crippen LogP) is 4.60. The first-order valence-corrected chi connectivity index (χ1v) is 7.88. The number of rotatable bonds is 5. The lowest BCUT2D eigenvalue weighted by atomic mass is 9.97. The van der Waals surface area contributed by atoms with Crippen molar-refractivity contribution in [3.63, 3.8) is 0 Å². The zero-order valence-electron chi connectivity index (χ0n) is 12.9. The molecule has 0 aliphatic heterocycles. The van der Waals surface area contributed by atoms with Crippen molar-refractivity contribution in [2.45, 2.75) is 25.7 Å². The highest BCUT2D eigenvalue weighted by Gasteiger charge is 2.14. The fourth-order valence-corrected chi connectivity index (χ4v) is 3.47. The Labute approximate surface area is 130 Å². The zero-order chi connectivity index (χ0) is 15.4. The van der Waals surface area contributed by atoms with Gasteiger partial charge in [-0.15, -0.1) is 11.8 Å². The maximum absolute atomic E-state index is 12.5. The number of carbonyl (C=O) groups excluding carboxylic acids is 1. The molecule has 0 aliphatic carbocycles. The van der Waals surface area contributed by atoms with Crippen LogP contribution < -0.4 is 4.74 Å². The van der Waals surface area contributed by atoms with Crippen molar-refractivity contribution >= 4 is 17.5 Å². The van der Waals surface area contributed by atoms with E-state index in [-0.39, 0.29) is 5.78 Å². The molecule has 0 saturated heterocycles. The number of ether oxygens (including phenoxy) is 1. The first-order chi connectivity index (χ1) is 10.0. The molecule has 0 N–H and O–H groups in total. The van der Waals surface area contributed by atoms with Gasteiger partial charge in [0.2, 0.25) is 0 Å². The highest BCUT2D eigenvalue weighted by Crippen LogP contribution is 2.30. The molecule has 0 unspecified atom stereocenters. The van der Waals surface area contributed by atoms with E-state index in [4.69, 9.17) is 4.74 Å². The summed E-state index contributed by atoms with van der Waals surface area (Å²) in [5.74, 6) is 1.40. The topological polar surface area (TPSA) is 26.3 Å². The number of Topliss-reactive ketones (excluding diaryl/α,β-unsaturated/α-hetero) is 1. The van der Waals surface area contributed by atoms with Crippen LogP contribution in [0.4, 0.5) is 0 Å². The van der Waals surface area contributed by atoms with E-state index in [0.717, 1.165) is 27.3 Å². The second-order valence-electron chi connectivity index (χ2n) is 5.14. The van der Waals surface area contributed by atoms with Crippen molar-refractivity contribution in [3.8, 4) is 5.75 Å². The summed E-state index contributed by atoms with van der Waals surface area (Å²) in [7, 11) is 1.65. The number of para-hydroxylation sites is 1. The van der Waals surface area contributed by atoms with E-state index in [1.165, 1.54) is 17.3 Å². The van der Waals surface area contributed by atoms with E-state index in [9.17, 15) is 4.79 Å². The maximum Gasteiger partial charge on any atom is 0.173 e. The summed E-state index contributed by atoms with van der Waals surface area (Å²) in [5.41, 5.74) is 4.15. The summed E-state index contributed by atoms with van der Waals surface area (Å²) in [4.78, 5) is 13.5. The molecule has 0 spiro atoms. The molecule has 0 atom stereocenters. The molecule has 2 aromatic rings. The summed E-state index contributed by atoms with van der Waals surface area (Å²) in [6.07, 6.45) is 0. The zero-order valence-corrected chi connectivity index (χ0v) is 13.7. The van der Waals surface area contributed by atoms with Crippen molar-refractivity contribution in [2.24, 2.45) is 0 Å². The first kappa shape index (κ1) is 15.6. The van der Waals surface area contributed by atoms with Gasteiger partial charge in [0.25, 0.3) is 0 Å². The van der Waals surface area contributed by atoms with Crippen LogP contribution in [0.1, 0.15) is 27.0 Å². The average molecular weight is 300 g/mol. The van der Waals surface area contributed by atoms with Crippen LogP contribution in [0, 0.1) is 20.8 Å². The highest BCUT2D eigenvalue weighted by molar-refractivity contribution is 8.00. The molecule has 3 heteroatoms. The molecule has 2 nitrogen and oxygen atoms in total. The molecule has 0 radical (unpaired) electrons. The van der Waals surface area contributed by atoms with Crippen LogP contribution in [-0.4, -0.2) is 18.6 Å². The Hall–Kier alpha value is -1.74. The van der Waals surface area contributed by atoms with Gasteiger partial charge in [-0.3, -0.25) is 4.79 Å². The first-order valence-electron chi connectivity index (χ1n) is 6.89. The summed E-state index contributed by atoms with van der Waals surface area (Å²) in [5, 5.41) is 0. The SMILES string of the molecule is COc1ccccc1SCC(=O)c1c(C)cc(C)cc1C. The minimum absolute atomic E-state index is 0.168. The lowest BCUT2D eigenvalue weighted by molar-refractivity contribution is 0.102. The van der Waals surface area contributed by atoms with Gasteiger partial charge in [-0.05, 0) is 44.0 Å². The van der Waals surface area contributed by atoms with Crippen molar-refractivity contribution < 1.29 is 9.53 Å². The summed E-state index contributed by atoms with van der Waals surface area (Å²) in [6.45, 7) is 6.06. The number of thioether (sulfide) groups is 1. The molecule has 110 valence electrons. The fraction of sp³-hybridized carbons (Fsp3) is 0.278. The van der Waals surface area contributed by atoms with E-state index in [1.807, 2.05) is 38.1 Å². The van der Waals surface area contributed by atoms with Gasteiger partial charge in [-0.1, -0.05) is 29.8 Å². The van der Waals surface area contributed by atoms with Gasteiger partial charge in [-0.25, -0.2) is 0 Å². The van der Waals surface area contributed by atoms with Crippen molar-refractivity contribution in [3.05, 3.63) is 58.7 Å². The fourth-order valence-electron chi connectivity index (χ4n) is 2.57. The normalized spacial score (nSPS) is 10.5. The van der Waals surface area contributed by atoms with E-state index >= 15 is 0 Å². The van der Waals surface area contributed by atoms with E-state index in [0.29, 0.717) is 5.75 Å². The number of benzene rings is 2. The molecular formula is C18H20O2S. The summed E-state index contributed by atoms with van der Waals surface area (Å²) < 4.78 is 5.31. The highest BCUT2D eigenvalue weighted by atomic mass is 32.2. The number of aryl methyl sites for hydroxylation is 3. The van der Waals surface area contributed by atoms with Crippen LogP contribution >= 0.6 is 11.8 Å². The molecule has 0 fully saturated rings. The van der Waals surface area contributed by atoms with Gasteiger partial charge >= 0.3 is 0 Å². The second kappa shape index (κ2) is 6.81. The van der Waals surface area contributed by atoms with Crippen LogP contribution in [0.3, 0.4) is 0 Å². The van der Waals surface area contributed by atoms with Crippen LogP contribution in [0.2, 0.25) is 0 Å². The van der Waals surface area contributed by atoms with Crippen LogP contribution in [0.15, 0.2) is 41.3 Å². The summed E-state index contributed by atoms with van der Waals surface area (Å²) >= 11 is 1.52. The Balaban J connectivity index is 2.16.